The normalized spacial score (nSPS) is 11.7. The lowest BCUT2D eigenvalue weighted by atomic mass is 10.2. The Hall–Kier alpha value is -3.72. The van der Waals surface area contributed by atoms with Gasteiger partial charge in [0.05, 0.1) is 23.0 Å². The summed E-state index contributed by atoms with van der Waals surface area (Å²) >= 11 is 0. The first-order chi connectivity index (χ1) is 15.6. The lowest BCUT2D eigenvalue weighted by Gasteiger charge is -2.12. The summed E-state index contributed by atoms with van der Waals surface area (Å²) in [4.78, 5) is 17.4. The van der Waals surface area contributed by atoms with Crippen LogP contribution in [0, 0.1) is 13.8 Å². The fourth-order valence-corrected chi connectivity index (χ4v) is 4.90. The SMILES string of the molecule is Cc1ccc(C)c(S(=O)(=O)Nc2cccc(C(=O)Nc3cnc4c(cnn4C(C)C)c3)c2)c1. The number of benzene rings is 2. The molecule has 0 saturated carbocycles. The van der Waals surface area contributed by atoms with Gasteiger partial charge in [-0.3, -0.25) is 9.52 Å². The molecule has 0 saturated heterocycles. The summed E-state index contributed by atoms with van der Waals surface area (Å²) in [5.41, 5.74) is 3.37. The van der Waals surface area contributed by atoms with E-state index in [-0.39, 0.29) is 16.8 Å². The van der Waals surface area contributed by atoms with Gasteiger partial charge >= 0.3 is 0 Å². The van der Waals surface area contributed by atoms with E-state index in [0.29, 0.717) is 22.5 Å². The van der Waals surface area contributed by atoms with Crippen molar-refractivity contribution in [3.05, 3.63) is 77.6 Å². The molecule has 2 heterocycles. The second-order valence-corrected chi connectivity index (χ2v) is 9.88. The van der Waals surface area contributed by atoms with Crippen LogP contribution in [0.1, 0.15) is 41.4 Å². The summed E-state index contributed by atoms with van der Waals surface area (Å²) in [6.45, 7) is 7.62. The first-order valence-corrected chi connectivity index (χ1v) is 12.0. The van der Waals surface area contributed by atoms with E-state index < -0.39 is 10.0 Å². The molecule has 0 radical (unpaired) electrons. The van der Waals surface area contributed by atoms with Crippen LogP contribution < -0.4 is 10.0 Å². The molecule has 4 aromatic rings. The smallest absolute Gasteiger partial charge is 0.262 e. The quantitative estimate of drug-likeness (QED) is 0.432. The van der Waals surface area contributed by atoms with Crippen LogP contribution in [0.25, 0.3) is 11.0 Å². The summed E-state index contributed by atoms with van der Waals surface area (Å²) < 4.78 is 30.2. The van der Waals surface area contributed by atoms with Crippen LogP contribution in [0.4, 0.5) is 11.4 Å². The number of aromatic nitrogens is 3. The summed E-state index contributed by atoms with van der Waals surface area (Å²) in [6, 6.07) is 13.6. The Morgan fingerprint density at radius 3 is 2.55 bits per heavy atom. The molecule has 9 heteroatoms. The number of amides is 1. The van der Waals surface area contributed by atoms with Crippen molar-refractivity contribution in [1.29, 1.82) is 0 Å². The van der Waals surface area contributed by atoms with Crippen molar-refractivity contribution >= 4 is 38.3 Å². The van der Waals surface area contributed by atoms with Crippen LogP contribution in [-0.2, 0) is 10.0 Å². The van der Waals surface area contributed by atoms with Crippen molar-refractivity contribution in [3.63, 3.8) is 0 Å². The number of nitrogens with one attached hydrogen (secondary N) is 2. The molecule has 1 amide bonds. The summed E-state index contributed by atoms with van der Waals surface area (Å²) in [5, 5.41) is 7.96. The molecule has 0 aliphatic heterocycles. The van der Waals surface area contributed by atoms with Gasteiger partial charge in [-0.05, 0) is 69.2 Å². The van der Waals surface area contributed by atoms with Crippen LogP contribution in [0.2, 0.25) is 0 Å². The van der Waals surface area contributed by atoms with Crippen molar-refractivity contribution in [2.24, 2.45) is 0 Å². The van der Waals surface area contributed by atoms with E-state index in [0.717, 1.165) is 16.6 Å². The molecule has 4 rings (SSSR count). The highest BCUT2D eigenvalue weighted by Crippen LogP contribution is 2.23. The average Bonchev–Trinajstić information content (AvgIpc) is 3.19. The van der Waals surface area contributed by atoms with Crippen LogP contribution in [-0.4, -0.2) is 29.1 Å². The van der Waals surface area contributed by atoms with Gasteiger partial charge in [-0.15, -0.1) is 0 Å². The highest BCUT2D eigenvalue weighted by molar-refractivity contribution is 7.92. The van der Waals surface area contributed by atoms with Gasteiger partial charge in [0.15, 0.2) is 5.65 Å². The number of rotatable bonds is 6. The van der Waals surface area contributed by atoms with Gasteiger partial charge in [-0.1, -0.05) is 18.2 Å². The highest BCUT2D eigenvalue weighted by atomic mass is 32.2. The Kier molecular flexibility index (Phi) is 5.90. The van der Waals surface area contributed by atoms with E-state index >= 15 is 0 Å². The molecule has 0 atom stereocenters. The largest absolute Gasteiger partial charge is 0.321 e. The molecular weight excluding hydrogens is 438 g/mol. The fourth-order valence-electron chi connectivity index (χ4n) is 3.52. The maximum absolute atomic E-state index is 12.9. The van der Waals surface area contributed by atoms with Gasteiger partial charge in [0.2, 0.25) is 0 Å². The van der Waals surface area contributed by atoms with Gasteiger partial charge in [-0.25, -0.2) is 18.1 Å². The molecule has 8 nitrogen and oxygen atoms in total. The molecule has 0 fully saturated rings. The van der Waals surface area contributed by atoms with Gasteiger partial charge in [0.1, 0.15) is 0 Å². The Balaban J connectivity index is 1.54. The summed E-state index contributed by atoms with van der Waals surface area (Å²) in [6.07, 6.45) is 3.29. The molecule has 2 N–H and O–H groups in total. The molecule has 0 aliphatic rings. The molecule has 170 valence electrons. The summed E-state index contributed by atoms with van der Waals surface area (Å²) in [5.74, 6) is -0.375. The molecule has 33 heavy (non-hydrogen) atoms. The van der Waals surface area contributed by atoms with E-state index in [2.05, 4.69) is 20.1 Å². The maximum Gasteiger partial charge on any atom is 0.262 e. The third kappa shape index (κ3) is 4.73. The predicted octanol–water partition coefficient (Wildman–Crippen LogP) is 4.68. The number of hydrogen-bond acceptors (Lipinski definition) is 5. The second-order valence-electron chi connectivity index (χ2n) is 8.23. The molecular formula is C24H25N5O3S. The maximum atomic E-state index is 12.9. The van der Waals surface area contributed by atoms with Crippen molar-refractivity contribution in [2.45, 2.75) is 38.6 Å². The van der Waals surface area contributed by atoms with Crippen LogP contribution in [0.15, 0.2) is 65.8 Å². The average molecular weight is 464 g/mol. The topological polar surface area (TPSA) is 106 Å². The van der Waals surface area contributed by atoms with Gasteiger partial charge in [0, 0.05) is 22.7 Å². The zero-order chi connectivity index (χ0) is 23.8. The van der Waals surface area contributed by atoms with Crippen molar-refractivity contribution in [1.82, 2.24) is 14.8 Å². The van der Waals surface area contributed by atoms with Crippen LogP contribution in [0.3, 0.4) is 0 Å². The zero-order valence-electron chi connectivity index (χ0n) is 18.8. The number of carbonyl (C=O) groups is 1. The Labute approximate surface area is 192 Å². The summed E-state index contributed by atoms with van der Waals surface area (Å²) in [7, 11) is -3.80. The number of anilines is 2. The van der Waals surface area contributed by atoms with E-state index in [1.54, 1.807) is 55.7 Å². The van der Waals surface area contributed by atoms with Crippen molar-refractivity contribution < 1.29 is 13.2 Å². The van der Waals surface area contributed by atoms with Crippen LogP contribution >= 0.6 is 0 Å². The second kappa shape index (κ2) is 8.67. The van der Waals surface area contributed by atoms with E-state index in [1.165, 1.54) is 6.07 Å². The number of carbonyl (C=O) groups excluding carboxylic acids is 1. The fraction of sp³-hybridized carbons (Fsp3) is 0.208. The molecule has 2 aromatic carbocycles. The Morgan fingerprint density at radius 2 is 1.79 bits per heavy atom. The van der Waals surface area contributed by atoms with E-state index in [4.69, 9.17) is 0 Å². The monoisotopic (exact) mass is 463 g/mol. The lowest BCUT2D eigenvalue weighted by molar-refractivity contribution is 0.102. The van der Waals surface area contributed by atoms with Crippen molar-refractivity contribution in [3.8, 4) is 0 Å². The number of sulfonamides is 1. The molecule has 0 bridgehead atoms. The van der Waals surface area contributed by atoms with Crippen molar-refractivity contribution in [2.75, 3.05) is 10.0 Å². The zero-order valence-corrected chi connectivity index (χ0v) is 19.6. The number of hydrogen-bond donors (Lipinski definition) is 2. The van der Waals surface area contributed by atoms with Crippen LogP contribution in [0.5, 0.6) is 0 Å². The van der Waals surface area contributed by atoms with Gasteiger partial charge < -0.3 is 5.32 Å². The van der Waals surface area contributed by atoms with E-state index in [9.17, 15) is 13.2 Å². The molecule has 2 aromatic heterocycles. The number of aryl methyl sites for hydroxylation is 2. The standard InChI is InChI=1S/C24H25N5O3S/c1-15(2)29-23-19(13-26-29)12-21(14-25-23)27-24(30)18-6-5-7-20(11-18)28-33(31,32)22-10-16(3)8-9-17(22)4/h5-15,28H,1-4H3,(H,27,30). The first-order valence-electron chi connectivity index (χ1n) is 10.5. The Morgan fingerprint density at radius 1 is 1.00 bits per heavy atom. The van der Waals surface area contributed by atoms with Gasteiger partial charge in [0.25, 0.3) is 15.9 Å². The minimum Gasteiger partial charge on any atom is -0.321 e. The number of pyridine rings is 1. The molecule has 0 unspecified atom stereocenters. The minimum absolute atomic E-state index is 0.172. The third-order valence-electron chi connectivity index (χ3n) is 5.19. The number of fused-ring (bicyclic) bond motifs is 1. The molecule has 0 spiro atoms. The molecule has 0 aliphatic carbocycles. The lowest BCUT2D eigenvalue weighted by Crippen LogP contribution is -2.16. The highest BCUT2D eigenvalue weighted by Gasteiger charge is 2.18. The minimum atomic E-state index is -3.80. The van der Waals surface area contributed by atoms with Gasteiger partial charge in [-0.2, -0.15) is 5.10 Å². The third-order valence-corrected chi connectivity index (χ3v) is 6.71. The number of nitrogens with zero attached hydrogens (tertiary/aromatic N) is 3. The van der Waals surface area contributed by atoms with E-state index in [1.807, 2.05) is 31.5 Å². The first kappa shape index (κ1) is 22.5. The Bertz CT molecular complexity index is 1460. The predicted molar refractivity (Wildman–Crippen MR) is 129 cm³/mol.